The molecule has 1 aromatic carbocycles. The van der Waals surface area contributed by atoms with Crippen LogP contribution < -0.4 is 5.32 Å². The summed E-state index contributed by atoms with van der Waals surface area (Å²) in [6, 6.07) is 8.32. The quantitative estimate of drug-likeness (QED) is 0.743. The summed E-state index contributed by atoms with van der Waals surface area (Å²) in [7, 11) is 0. The predicted molar refractivity (Wildman–Crippen MR) is 110 cm³/mol. The Hall–Kier alpha value is -2.45. The Morgan fingerprint density at radius 1 is 1.18 bits per heavy atom. The molecular formula is C23H29N3O2. The van der Waals surface area contributed by atoms with E-state index in [0.717, 1.165) is 68.3 Å². The van der Waals surface area contributed by atoms with Gasteiger partial charge in [0, 0.05) is 17.3 Å². The van der Waals surface area contributed by atoms with Crippen LogP contribution in [0.5, 0.6) is 5.88 Å². The molecule has 1 heterocycles. The van der Waals surface area contributed by atoms with Crippen LogP contribution in [0.25, 0.3) is 5.69 Å². The van der Waals surface area contributed by atoms with Crippen molar-refractivity contribution in [1.29, 1.82) is 5.26 Å². The number of nitrogens with zero attached hydrogens (tertiary/aromatic N) is 2. The third-order valence-electron chi connectivity index (χ3n) is 6.35. The van der Waals surface area contributed by atoms with Crippen molar-refractivity contribution in [3.63, 3.8) is 0 Å². The Morgan fingerprint density at radius 2 is 1.93 bits per heavy atom. The van der Waals surface area contributed by atoms with Crippen molar-refractivity contribution in [3.05, 3.63) is 40.6 Å². The molecule has 2 aliphatic carbocycles. The van der Waals surface area contributed by atoms with Crippen LogP contribution in [0.3, 0.4) is 0 Å². The van der Waals surface area contributed by atoms with Crippen LogP contribution in [0.15, 0.2) is 18.2 Å². The molecule has 5 heteroatoms. The topological polar surface area (TPSA) is 81.2 Å². The lowest BCUT2D eigenvalue weighted by atomic mass is 9.92. The van der Waals surface area contributed by atoms with E-state index in [2.05, 4.69) is 18.3 Å². The van der Waals surface area contributed by atoms with Gasteiger partial charge in [-0.1, -0.05) is 6.92 Å². The summed E-state index contributed by atoms with van der Waals surface area (Å²) in [5, 5.41) is 33.8. The van der Waals surface area contributed by atoms with Crippen molar-refractivity contribution in [2.75, 3.05) is 5.32 Å². The minimum Gasteiger partial charge on any atom is -0.494 e. The predicted octanol–water partition coefficient (Wildman–Crippen LogP) is 4.21. The van der Waals surface area contributed by atoms with Crippen LogP contribution in [0, 0.1) is 11.3 Å². The first-order valence-electron chi connectivity index (χ1n) is 10.6. The Bertz CT molecular complexity index is 902. The number of rotatable bonds is 4. The second-order valence-corrected chi connectivity index (χ2v) is 8.11. The maximum Gasteiger partial charge on any atom is 0.199 e. The van der Waals surface area contributed by atoms with Crippen LogP contribution in [0.1, 0.15) is 67.8 Å². The second-order valence-electron chi connectivity index (χ2n) is 8.11. The van der Waals surface area contributed by atoms with E-state index in [1.165, 1.54) is 17.7 Å². The SMILES string of the molecule is CCc1c2c(n(-c3ccc(C#N)c(NC4CCC(O)CC4)c3)c1O)CCCC2. The first-order chi connectivity index (χ1) is 13.6. The molecule has 0 unspecified atom stereocenters. The van der Waals surface area contributed by atoms with E-state index >= 15 is 0 Å². The Labute approximate surface area is 166 Å². The summed E-state index contributed by atoms with van der Waals surface area (Å²) in [6.07, 6.45) is 8.36. The van der Waals surface area contributed by atoms with E-state index in [1.54, 1.807) is 0 Å². The summed E-state index contributed by atoms with van der Waals surface area (Å²) < 4.78 is 1.99. The van der Waals surface area contributed by atoms with Gasteiger partial charge in [0.1, 0.15) is 6.07 Å². The number of anilines is 1. The zero-order valence-electron chi connectivity index (χ0n) is 16.5. The van der Waals surface area contributed by atoms with Gasteiger partial charge in [0.05, 0.1) is 23.0 Å². The number of aromatic nitrogens is 1. The van der Waals surface area contributed by atoms with Crippen LogP contribution in [-0.2, 0) is 19.3 Å². The molecule has 0 saturated heterocycles. The smallest absolute Gasteiger partial charge is 0.199 e. The first-order valence-corrected chi connectivity index (χ1v) is 10.6. The Morgan fingerprint density at radius 3 is 2.64 bits per heavy atom. The fraction of sp³-hybridized carbons (Fsp3) is 0.522. The lowest BCUT2D eigenvalue weighted by Gasteiger charge is -2.27. The highest BCUT2D eigenvalue weighted by Crippen LogP contribution is 2.38. The largest absolute Gasteiger partial charge is 0.494 e. The van der Waals surface area contributed by atoms with Gasteiger partial charge in [-0.2, -0.15) is 5.26 Å². The highest BCUT2D eigenvalue weighted by atomic mass is 16.3. The number of fused-ring (bicyclic) bond motifs is 1. The van der Waals surface area contributed by atoms with Gasteiger partial charge in [-0.25, -0.2) is 0 Å². The normalized spacial score (nSPS) is 21.8. The monoisotopic (exact) mass is 379 g/mol. The van der Waals surface area contributed by atoms with E-state index < -0.39 is 0 Å². The van der Waals surface area contributed by atoms with E-state index in [0.29, 0.717) is 11.4 Å². The highest BCUT2D eigenvalue weighted by Gasteiger charge is 2.25. The lowest BCUT2D eigenvalue weighted by Crippen LogP contribution is -2.28. The van der Waals surface area contributed by atoms with Crippen molar-refractivity contribution in [3.8, 4) is 17.6 Å². The number of hydrogen-bond donors (Lipinski definition) is 3. The molecule has 28 heavy (non-hydrogen) atoms. The van der Waals surface area contributed by atoms with Gasteiger partial charge in [-0.05, 0) is 81.5 Å². The van der Waals surface area contributed by atoms with Gasteiger partial charge in [-0.15, -0.1) is 0 Å². The van der Waals surface area contributed by atoms with Crippen LogP contribution in [0.4, 0.5) is 5.69 Å². The van der Waals surface area contributed by atoms with E-state index in [4.69, 9.17) is 0 Å². The summed E-state index contributed by atoms with van der Waals surface area (Å²) in [4.78, 5) is 0. The minimum absolute atomic E-state index is 0.198. The fourth-order valence-corrected chi connectivity index (χ4v) is 4.84. The van der Waals surface area contributed by atoms with Crippen molar-refractivity contribution in [2.45, 2.75) is 76.9 Å². The molecule has 0 atom stereocenters. The number of benzene rings is 1. The van der Waals surface area contributed by atoms with E-state index in [1.807, 2.05) is 22.8 Å². The molecule has 148 valence electrons. The highest BCUT2D eigenvalue weighted by molar-refractivity contribution is 5.64. The second kappa shape index (κ2) is 7.89. The average molecular weight is 380 g/mol. The van der Waals surface area contributed by atoms with E-state index in [-0.39, 0.29) is 12.1 Å². The molecule has 2 aliphatic rings. The molecule has 4 rings (SSSR count). The maximum atomic E-state index is 11.0. The Kier molecular flexibility index (Phi) is 5.32. The summed E-state index contributed by atoms with van der Waals surface area (Å²) in [6.45, 7) is 2.09. The molecule has 0 radical (unpaired) electrons. The number of aliphatic hydroxyl groups is 1. The molecule has 0 bridgehead atoms. The minimum atomic E-state index is -0.198. The average Bonchev–Trinajstić information content (AvgIpc) is 3.00. The first kappa shape index (κ1) is 18.9. The van der Waals surface area contributed by atoms with Crippen LogP contribution in [-0.4, -0.2) is 26.9 Å². The van der Waals surface area contributed by atoms with Crippen LogP contribution in [0.2, 0.25) is 0 Å². The molecule has 5 nitrogen and oxygen atoms in total. The van der Waals surface area contributed by atoms with Crippen molar-refractivity contribution in [2.24, 2.45) is 0 Å². The zero-order chi connectivity index (χ0) is 19.7. The third-order valence-corrected chi connectivity index (χ3v) is 6.35. The van der Waals surface area contributed by atoms with Gasteiger partial charge >= 0.3 is 0 Å². The van der Waals surface area contributed by atoms with Gasteiger partial charge < -0.3 is 15.5 Å². The summed E-state index contributed by atoms with van der Waals surface area (Å²) >= 11 is 0. The zero-order valence-corrected chi connectivity index (χ0v) is 16.5. The number of nitrogens with one attached hydrogen (secondary N) is 1. The lowest BCUT2D eigenvalue weighted by molar-refractivity contribution is 0.126. The number of hydrogen-bond acceptors (Lipinski definition) is 4. The van der Waals surface area contributed by atoms with Crippen molar-refractivity contribution < 1.29 is 10.2 Å². The maximum absolute atomic E-state index is 11.0. The van der Waals surface area contributed by atoms with Gasteiger partial charge in [0.15, 0.2) is 5.88 Å². The standard InChI is InChI=1S/C23H29N3O2/c1-2-19-20-5-3-4-6-22(20)26(23(19)28)17-10-7-15(14-24)21(13-17)25-16-8-11-18(27)12-9-16/h7,10,13,16,18,25,27-28H,2-6,8-9,11-12H2,1H3. The number of nitriles is 1. The molecule has 1 saturated carbocycles. The molecule has 1 fully saturated rings. The van der Waals surface area contributed by atoms with Gasteiger partial charge in [-0.3, -0.25) is 4.57 Å². The van der Waals surface area contributed by atoms with Crippen molar-refractivity contribution in [1.82, 2.24) is 4.57 Å². The van der Waals surface area contributed by atoms with E-state index in [9.17, 15) is 15.5 Å². The molecule has 1 aromatic heterocycles. The number of aliphatic hydroxyl groups excluding tert-OH is 1. The van der Waals surface area contributed by atoms with Crippen LogP contribution >= 0.6 is 0 Å². The Balaban J connectivity index is 1.72. The molecule has 0 aliphatic heterocycles. The molecule has 3 N–H and O–H groups in total. The molecule has 2 aromatic rings. The summed E-state index contributed by atoms with van der Waals surface area (Å²) in [5.74, 6) is 0.353. The fourth-order valence-electron chi connectivity index (χ4n) is 4.84. The van der Waals surface area contributed by atoms with Gasteiger partial charge in [0.2, 0.25) is 0 Å². The molecular weight excluding hydrogens is 350 g/mol. The summed E-state index contributed by atoms with van der Waals surface area (Å²) in [5.41, 5.74) is 5.94. The third kappa shape index (κ3) is 3.38. The molecule has 0 spiro atoms. The molecule has 0 amide bonds. The number of aromatic hydroxyl groups is 1. The van der Waals surface area contributed by atoms with Crippen molar-refractivity contribution >= 4 is 5.69 Å². The van der Waals surface area contributed by atoms with Gasteiger partial charge in [0.25, 0.3) is 0 Å².